The Balaban J connectivity index is 3.21. The monoisotopic (exact) mass is 343 g/mol. The number of nitrogens with two attached hydrogens (primary N) is 1. The van der Waals surface area contributed by atoms with Crippen LogP contribution in [0.2, 0.25) is 0 Å². The predicted molar refractivity (Wildman–Crippen MR) is 83.2 cm³/mol. The second-order valence-electron chi connectivity index (χ2n) is 5.87. The van der Waals surface area contributed by atoms with Gasteiger partial charge in [-0.1, -0.05) is 20.8 Å². The Labute approximate surface area is 128 Å². The maximum absolute atomic E-state index is 10.7. The van der Waals surface area contributed by atoms with Crippen molar-refractivity contribution in [2.45, 2.75) is 45.1 Å². The van der Waals surface area contributed by atoms with Crippen molar-refractivity contribution < 1.29 is 14.6 Å². The van der Waals surface area contributed by atoms with Gasteiger partial charge in [0, 0.05) is 18.0 Å². The Bertz CT molecular complexity index is 495. The summed E-state index contributed by atoms with van der Waals surface area (Å²) < 4.78 is 6.24. The molecular formula is C15H22BrNO3. The van der Waals surface area contributed by atoms with Gasteiger partial charge in [0.2, 0.25) is 0 Å². The topological polar surface area (TPSA) is 72.5 Å². The van der Waals surface area contributed by atoms with Crippen molar-refractivity contribution >= 4 is 21.9 Å². The second kappa shape index (κ2) is 6.59. The largest absolute Gasteiger partial charge is 0.495 e. The minimum absolute atomic E-state index is 0.0178. The van der Waals surface area contributed by atoms with Gasteiger partial charge in [0.1, 0.15) is 5.75 Å². The van der Waals surface area contributed by atoms with E-state index in [9.17, 15) is 4.79 Å². The molecule has 0 heterocycles. The van der Waals surface area contributed by atoms with E-state index in [0.29, 0.717) is 12.2 Å². The Morgan fingerprint density at radius 3 is 2.50 bits per heavy atom. The average Bonchev–Trinajstić information content (AvgIpc) is 2.33. The van der Waals surface area contributed by atoms with Crippen LogP contribution in [0.15, 0.2) is 16.6 Å². The molecule has 0 spiro atoms. The summed E-state index contributed by atoms with van der Waals surface area (Å²) in [6.45, 7) is 6.36. The smallest absolute Gasteiger partial charge is 0.303 e. The molecule has 1 rings (SSSR count). The zero-order chi connectivity index (χ0) is 15.5. The molecule has 0 saturated carbocycles. The molecule has 1 aromatic carbocycles. The zero-order valence-electron chi connectivity index (χ0n) is 12.4. The van der Waals surface area contributed by atoms with Crippen molar-refractivity contribution in [1.82, 2.24) is 0 Å². The number of methoxy groups -OCH3 is 1. The van der Waals surface area contributed by atoms with E-state index in [0.717, 1.165) is 15.6 Å². The molecule has 0 aromatic heterocycles. The number of carboxylic acids is 1. The third-order valence-electron chi connectivity index (χ3n) is 3.21. The van der Waals surface area contributed by atoms with Crippen LogP contribution < -0.4 is 10.5 Å². The molecule has 3 N–H and O–H groups in total. The maximum atomic E-state index is 10.7. The van der Waals surface area contributed by atoms with Gasteiger partial charge >= 0.3 is 5.97 Å². The third kappa shape index (κ3) is 4.21. The van der Waals surface area contributed by atoms with Gasteiger partial charge in [-0.05, 0) is 45.5 Å². The molecular weight excluding hydrogens is 322 g/mol. The van der Waals surface area contributed by atoms with Gasteiger partial charge in [0.25, 0.3) is 0 Å². The number of ether oxygens (including phenoxy) is 1. The SMILES string of the molecule is COc1c(Br)cc(C(C)(C)C)cc1C(N)CCC(=O)O. The van der Waals surface area contributed by atoms with Gasteiger partial charge in [-0.2, -0.15) is 0 Å². The van der Waals surface area contributed by atoms with Crippen molar-refractivity contribution in [1.29, 1.82) is 0 Å². The third-order valence-corrected chi connectivity index (χ3v) is 3.80. The van der Waals surface area contributed by atoms with E-state index in [1.165, 1.54) is 0 Å². The highest BCUT2D eigenvalue weighted by molar-refractivity contribution is 9.10. The lowest BCUT2D eigenvalue weighted by molar-refractivity contribution is -0.137. The Morgan fingerprint density at radius 1 is 1.45 bits per heavy atom. The molecule has 1 aromatic rings. The summed E-state index contributed by atoms with van der Waals surface area (Å²) in [6, 6.07) is 3.67. The van der Waals surface area contributed by atoms with Crippen molar-refractivity contribution in [3.8, 4) is 5.75 Å². The van der Waals surface area contributed by atoms with E-state index >= 15 is 0 Å². The highest BCUT2D eigenvalue weighted by Crippen LogP contribution is 2.38. The molecule has 0 aliphatic carbocycles. The molecule has 0 aliphatic rings. The fourth-order valence-electron chi connectivity index (χ4n) is 1.97. The van der Waals surface area contributed by atoms with Crippen molar-refractivity contribution in [2.75, 3.05) is 7.11 Å². The van der Waals surface area contributed by atoms with E-state index < -0.39 is 5.97 Å². The van der Waals surface area contributed by atoms with Crippen LogP contribution in [0.4, 0.5) is 0 Å². The molecule has 0 bridgehead atoms. The molecule has 0 aliphatic heterocycles. The van der Waals surface area contributed by atoms with E-state index in [4.69, 9.17) is 15.6 Å². The van der Waals surface area contributed by atoms with Gasteiger partial charge in [0.15, 0.2) is 0 Å². The van der Waals surface area contributed by atoms with Crippen LogP contribution in [0, 0.1) is 0 Å². The second-order valence-corrected chi connectivity index (χ2v) is 6.72. The first-order valence-corrected chi connectivity index (χ1v) is 7.31. The van der Waals surface area contributed by atoms with Crippen LogP contribution in [-0.2, 0) is 10.2 Å². The van der Waals surface area contributed by atoms with Crippen LogP contribution in [0.1, 0.15) is 50.8 Å². The number of carboxylic acid groups (broad SMARTS) is 1. The first-order chi connectivity index (χ1) is 9.16. The molecule has 0 saturated heterocycles. The first kappa shape index (κ1) is 17.0. The summed E-state index contributed by atoms with van der Waals surface area (Å²) in [5.41, 5.74) is 8.09. The van der Waals surface area contributed by atoms with Gasteiger partial charge in [-0.15, -0.1) is 0 Å². The number of benzene rings is 1. The van der Waals surface area contributed by atoms with Crippen molar-refractivity contribution in [3.05, 3.63) is 27.7 Å². The highest BCUT2D eigenvalue weighted by atomic mass is 79.9. The number of hydrogen-bond donors (Lipinski definition) is 2. The van der Waals surface area contributed by atoms with Gasteiger partial charge in [0.05, 0.1) is 11.6 Å². The summed E-state index contributed by atoms with van der Waals surface area (Å²) in [5, 5.41) is 8.78. The lowest BCUT2D eigenvalue weighted by Gasteiger charge is -2.24. The lowest BCUT2D eigenvalue weighted by atomic mass is 9.85. The highest BCUT2D eigenvalue weighted by Gasteiger charge is 2.21. The summed E-state index contributed by atoms with van der Waals surface area (Å²) in [7, 11) is 1.59. The molecule has 5 heteroatoms. The lowest BCUT2D eigenvalue weighted by Crippen LogP contribution is -2.17. The molecule has 0 radical (unpaired) electrons. The van der Waals surface area contributed by atoms with Crippen LogP contribution in [0.5, 0.6) is 5.75 Å². The van der Waals surface area contributed by atoms with E-state index in [1.54, 1.807) is 7.11 Å². The molecule has 20 heavy (non-hydrogen) atoms. The Hall–Kier alpha value is -1.07. The first-order valence-electron chi connectivity index (χ1n) is 6.52. The molecule has 1 unspecified atom stereocenters. The quantitative estimate of drug-likeness (QED) is 0.856. The summed E-state index contributed by atoms with van der Waals surface area (Å²) in [6.07, 6.45) is 0.424. The number of hydrogen-bond acceptors (Lipinski definition) is 3. The molecule has 0 fully saturated rings. The fourth-order valence-corrected chi connectivity index (χ4v) is 2.61. The summed E-state index contributed by atoms with van der Waals surface area (Å²) in [4.78, 5) is 10.7. The van der Waals surface area contributed by atoms with Crippen molar-refractivity contribution in [3.63, 3.8) is 0 Å². The van der Waals surface area contributed by atoms with Gasteiger partial charge < -0.3 is 15.6 Å². The van der Waals surface area contributed by atoms with Gasteiger partial charge in [-0.25, -0.2) is 0 Å². The molecule has 0 amide bonds. The fraction of sp³-hybridized carbons (Fsp3) is 0.533. The Kier molecular flexibility index (Phi) is 5.59. The number of aliphatic carboxylic acids is 1. The van der Waals surface area contributed by atoms with Crippen LogP contribution >= 0.6 is 15.9 Å². The minimum Gasteiger partial charge on any atom is -0.495 e. The van der Waals surface area contributed by atoms with E-state index in [-0.39, 0.29) is 17.9 Å². The number of rotatable bonds is 5. The van der Waals surface area contributed by atoms with Crippen LogP contribution in [-0.4, -0.2) is 18.2 Å². The summed E-state index contributed by atoms with van der Waals surface area (Å²) >= 11 is 3.50. The van der Waals surface area contributed by atoms with E-state index in [1.807, 2.05) is 12.1 Å². The molecule has 1 atom stereocenters. The Morgan fingerprint density at radius 2 is 2.05 bits per heavy atom. The maximum Gasteiger partial charge on any atom is 0.303 e. The normalized spacial score (nSPS) is 13.1. The zero-order valence-corrected chi connectivity index (χ0v) is 14.0. The standard InChI is InChI=1S/C15H22BrNO3/c1-15(2,3)9-7-10(12(17)5-6-13(18)19)14(20-4)11(16)8-9/h7-8,12H,5-6,17H2,1-4H3,(H,18,19). The molecule has 112 valence electrons. The minimum atomic E-state index is -0.842. The van der Waals surface area contributed by atoms with Crippen molar-refractivity contribution in [2.24, 2.45) is 5.73 Å². The number of halogens is 1. The van der Waals surface area contributed by atoms with Gasteiger partial charge in [-0.3, -0.25) is 4.79 Å². The van der Waals surface area contributed by atoms with E-state index in [2.05, 4.69) is 36.7 Å². The number of carbonyl (C=O) groups is 1. The predicted octanol–water partition coefficient (Wildman–Crippen LogP) is 3.62. The van der Waals surface area contributed by atoms with Crippen LogP contribution in [0.3, 0.4) is 0 Å². The molecule has 4 nitrogen and oxygen atoms in total. The summed E-state index contributed by atoms with van der Waals surface area (Å²) in [5.74, 6) is -0.165. The van der Waals surface area contributed by atoms with Crippen LogP contribution in [0.25, 0.3) is 0 Å². The average molecular weight is 344 g/mol.